The zero-order chi connectivity index (χ0) is 17.0. The van der Waals surface area contributed by atoms with Gasteiger partial charge in [0.25, 0.3) is 5.91 Å². The Morgan fingerprint density at radius 3 is 2.50 bits per heavy atom. The number of nitrogens with zero attached hydrogens (tertiary/aromatic N) is 1. The van der Waals surface area contributed by atoms with E-state index < -0.39 is 5.54 Å². The molecular formula is C20H28N3O+. The minimum Gasteiger partial charge on any atom is -0.333 e. The van der Waals surface area contributed by atoms with Crippen LogP contribution in [-0.4, -0.2) is 31.1 Å². The smallest absolute Gasteiger partial charge is 0.276 e. The molecule has 4 heteroatoms. The van der Waals surface area contributed by atoms with Crippen LogP contribution in [0.5, 0.6) is 0 Å². The van der Waals surface area contributed by atoms with Crippen molar-refractivity contribution in [3.8, 4) is 6.07 Å². The van der Waals surface area contributed by atoms with Crippen molar-refractivity contribution in [3.63, 3.8) is 0 Å². The van der Waals surface area contributed by atoms with E-state index in [2.05, 4.69) is 41.7 Å². The highest BCUT2D eigenvalue weighted by Crippen LogP contribution is 2.39. The number of rotatable bonds is 6. The molecule has 1 aromatic carbocycles. The average Bonchev–Trinajstić information content (AvgIpc) is 3.43. The largest absolute Gasteiger partial charge is 0.333 e. The second-order valence-corrected chi connectivity index (χ2v) is 7.70. The highest BCUT2D eigenvalue weighted by Gasteiger charge is 2.43. The topological polar surface area (TPSA) is 57.3 Å². The molecule has 0 radical (unpaired) electrons. The van der Waals surface area contributed by atoms with E-state index in [1.165, 1.54) is 23.3 Å². The molecule has 0 unspecified atom stereocenters. The van der Waals surface area contributed by atoms with Crippen LogP contribution in [0.15, 0.2) is 30.3 Å². The van der Waals surface area contributed by atoms with E-state index in [0.29, 0.717) is 12.5 Å². The van der Waals surface area contributed by atoms with Gasteiger partial charge in [-0.2, -0.15) is 5.26 Å². The molecule has 1 aliphatic carbocycles. The summed E-state index contributed by atoms with van der Waals surface area (Å²) >= 11 is 0. The Balaban J connectivity index is 1.42. The number of amides is 1. The van der Waals surface area contributed by atoms with Crippen LogP contribution in [0.2, 0.25) is 0 Å². The molecular weight excluding hydrogens is 298 g/mol. The minimum atomic E-state index is -0.665. The Morgan fingerprint density at radius 1 is 1.25 bits per heavy atom. The molecule has 3 rings (SSSR count). The van der Waals surface area contributed by atoms with Crippen molar-refractivity contribution in [1.29, 1.82) is 5.26 Å². The van der Waals surface area contributed by atoms with Crippen molar-refractivity contribution in [2.24, 2.45) is 11.8 Å². The average molecular weight is 326 g/mol. The molecule has 0 spiro atoms. The molecule has 0 bridgehead atoms. The Hall–Kier alpha value is -1.86. The quantitative estimate of drug-likeness (QED) is 0.829. The lowest BCUT2D eigenvalue weighted by Crippen LogP contribution is -3.14. The van der Waals surface area contributed by atoms with E-state index in [9.17, 15) is 10.1 Å². The molecule has 1 saturated carbocycles. The van der Waals surface area contributed by atoms with E-state index in [0.717, 1.165) is 38.3 Å². The maximum absolute atomic E-state index is 12.3. The van der Waals surface area contributed by atoms with Crippen molar-refractivity contribution in [2.45, 2.75) is 44.6 Å². The van der Waals surface area contributed by atoms with Crippen LogP contribution in [0, 0.1) is 23.2 Å². The SMILES string of the molecule is C[C@@](C#N)(NC(=O)C[NH+]1CCC(Cc2ccccc2)CC1)C1CC1. The zero-order valence-corrected chi connectivity index (χ0v) is 14.6. The van der Waals surface area contributed by atoms with Crippen LogP contribution in [0.25, 0.3) is 0 Å². The minimum absolute atomic E-state index is 0.0301. The number of carbonyl (C=O) groups is 1. The number of carbonyl (C=O) groups excluding carboxylic acids is 1. The van der Waals surface area contributed by atoms with Gasteiger partial charge in [0.2, 0.25) is 0 Å². The van der Waals surface area contributed by atoms with Gasteiger partial charge in [0.05, 0.1) is 19.2 Å². The van der Waals surface area contributed by atoms with Crippen LogP contribution in [0.3, 0.4) is 0 Å². The molecule has 1 atom stereocenters. The van der Waals surface area contributed by atoms with Gasteiger partial charge in [-0.05, 0) is 56.4 Å². The Bertz CT molecular complexity index is 597. The summed E-state index contributed by atoms with van der Waals surface area (Å²) in [6.45, 7) is 4.47. The lowest BCUT2D eigenvalue weighted by Gasteiger charge is -2.30. The monoisotopic (exact) mass is 326 g/mol. The Labute approximate surface area is 144 Å². The fourth-order valence-corrected chi connectivity index (χ4v) is 3.86. The molecule has 1 saturated heterocycles. The molecule has 1 amide bonds. The lowest BCUT2D eigenvalue weighted by molar-refractivity contribution is -0.898. The summed E-state index contributed by atoms with van der Waals surface area (Å²) in [5.74, 6) is 1.11. The summed E-state index contributed by atoms with van der Waals surface area (Å²) in [7, 11) is 0. The Kier molecular flexibility index (Phi) is 5.20. The second kappa shape index (κ2) is 7.36. The summed E-state index contributed by atoms with van der Waals surface area (Å²) in [6.07, 6.45) is 5.62. The van der Waals surface area contributed by atoms with Crippen molar-refractivity contribution < 1.29 is 9.69 Å². The molecule has 1 heterocycles. The van der Waals surface area contributed by atoms with Crippen LogP contribution in [0.1, 0.15) is 38.2 Å². The lowest BCUT2D eigenvalue weighted by atomic mass is 9.90. The van der Waals surface area contributed by atoms with Crippen LogP contribution >= 0.6 is 0 Å². The van der Waals surface area contributed by atoms with Crippen molar-refractivity contribution in [1.82, 2.24) is 5.32 Å². The molecule has 4 nitrogen and oxygen atoms in total. The number of benzene rings is 1. The molecule has 24 heavy (non-hydrogen) atoms. The first-order valence-electron chi connectivity index (χ1n) is 9.19. The van der Waals surface area contributed by atoms with Gasteiger partial charge >= 0.3 is 0 Å². The van der Waals surface area contributed by atoms with Gasteiger partial charge in [-0.15, -0.1) is 0 Å². The van der Waals surface area contributed by atoms with E-state index in [4.69, 9.17) is 0 Å². The molecule has 1 aromatic rings. The second-order valence-electron chi connectivity index (χ2n) is 7.70. The highest BCUT2D eigenvalue weighted by atomic mass is 16.2. The standard InChI is InChI=1S/C20H27N3O/c1-20(15-21,18-7-8-18)22-19(24)14-23-11-9-17(10-12-23)13-16-5-3-2-4-6-16/h2-6,17-18H,7-14H2,1H3,(H,22,24)/p+1/t20-/m0/s1. The highest BCUT2D eigenvalue weighted by molar-refractivity contribution is 5.78. The molecule has 128 valence electrons. The van der Waals surface area contributed by atoms with E-state index in [1.54, 1.807) is 0 Å². The van der Waals surface area contributed by atoms with Gasteiger partial charge in [0.1, 0.15) is 5.54 Å². The molecule has 1 aliphatic heterocycles. The van der Waals surface area contributed by atoms with Crippen LogP contribution < -0.4 is 10.2 Å². The number of nitrogens with one attached hydrogen (secondary N) is 2. The van der Waals surface area contributed by atoms with E-state index in [1.807, 2.05) is 6.92 Å². The molecule has 2 aliphatic rings. The van der Waals surface area contributed by atoms with E-state index in [-0.39, 0.29) is 5.91 Å². The third kappa shape index (κ3) is 4.36. The molecule has 2 N–H and O–H groups in total. The van der Waals surface area contributed by atoms with E-state index >= 15 is 0 Å². The van der Waals surface area contributed by atoms with Gasteiger partial charge in [-0.1, -0.05) is 30.3 Å². The van der Waals surface area contributed by atoms with Crippen molar-refractivity contribution >= 4 is 5.91 Å². The number of likely N-dealkylation sites (tertiary alicyclic amines) is 1. The van der Waals surface area contributed by atoms with Gasteiger partial charge in [0.15, 0.2) is 6.54 Å². The normalized spacial score (nSPS) is 26.2. The third-order valence-corrected chi connectivity index (χ3v) is 5.62. The maximum Gasteiger partial charge on any atom is 0.276 e. The summed E-state index contributed by atoms with van der Waals surface area (Å²) in [5.41, 5.74) is 0.750. The summed E-state index contributed by atoms with van der Waals surface area (Å²) in [6, 6.07) is 13.0. The number of piperidine rings is 1. The van der Waals surface area contributed by atoms with Gasteiger partial charge in [0, 0.05) is 0 Å². The maximum atomic E-state index is 12.3. The van der Waals surface area contributed by atoms with Crippen molar-refractivity contribution in [3.05, 3.63) is 35.9 Å². The first-order chi connectivity index (χ1) is 11.6. The van der Waals surface area contributed by atoms with Crippen LogP contribution in [0.4, 0.5) is 0 Å². The summed E-state index contributed by atoms with van der Waals surface area (Å²) < 4.78 is 0. The predicted octanol–water partition coefficient (Wildman–Crippen LogP) is 1.33. The fraction of sp³-hybridized carbons (Fsp3) is 0.600. The van der Waals surface area contributed by atoms with Crippen LogP contribution in [-0.2, 0) is 11.2 Å². The third-order valence-electron chi connectivity index (χ3n) is 5.62. The van der Waals surface area contributed by atoms with Crippen molar-refractivity contribution in [2.75, 3.05) is 19.6 Å². The Morgan fingerprint density at radius 2 is 1.92 bits per heavy atom. The number of hydrogen-bond acceptors (Lipinski definition) is 2. The summed E-state index contributed by atoms with van der Waals surface area (Å²) in [4.78, 5) is 13.7. The van der Waals surface area contributed by atoms with Gasteiger partial charge in [-0.3, -0.25) is 4.79 Å². The summed E-state index contributed by atoms with van der Waals surface area (Å²) in [5, 5.41) is 12.3. The van der Waals surface area contributed by atoms with Gasteiger partial charge < -0.3 is 10.2 Å². The zero-order valence-electron chi connectivity index (χ0n) is 14.6. The molecule has 0 aromatic heterocycles. The first kappa shape index (κ1) is 17.0. The number of nitriles is 1. The first-order valence-corrected chi connectivity index (χ1v) is 9.19. The number of hydrogen-bond donors (Lipinski definition) is 2. The molecule has 2 fully saturated rings. The number of quaternary nitrogens is 1. The fourth-order valence-electron chi connectivity index (χ4n) is 3.86. The van der Waals surface area contributed by atoms with Gasteiger partial charge in [-0.25, -0.2) is 0 Å². The predicted molar refractivity (Wildman–Crippen MR) is 93.3 cm³/mol.